The van der Waals surface area contributed by atoms with Crippen LogP contribution in [0.2, 0.25) is 0 Å². The van der Waals surface area contributed by atoms with Crippen LogP contribution in [0.5, 0.6) is 0 Å². The smallest absolute Gasteiger partial charge is 2.00 e. The molecule has 56 valence electrons. The van der Waals surface area contributed by atoms with Crippen LogP contribution >= 0.6 is 0 Å². The van der Waals surface area contributed by atoms with Gasteiger partial charge in [0.25, 0.3) is 0 Å². The molecule has 0 saturated heterocycles. The van der Waals surface area contributed by atoms with E-state index < -0.39 is 11.9 Å². The second-order valence-electron chi connectivity index (χ2n) is 0.983. The Bertz CT molecular complexity index is 71.6. The molecule has 0 amide bonds. The summed E-state index contributed by atoms with van der Waals surface area (Å²) in [6, 6.07) is 0. The van der Waals surface area contributed by atoms with Crippen LogP contribution < -0.4 is 10.2 Å². The third-order valence-electron chi connectivity index (χ3n) is 0. The van der Waals surface area contributed by atoms with Gasteiger partial charge in [-0.1, -0.05) is 0 Å². The molecule has 0 aliphatic carbocycles. The van der Waals surface area contributed by atoms with E-state index in [0.717, 1.165) is 13.8 Å². The number of carboxylic acids is 2. The van der Waals surface area contributed by atoms with E-state index in [1.807, 2.05) is 0 Å². The number of aliphatic carboxylic acids is 2. The fraction of sp³-hybridized carbons (Fsp3) is 0.500. The van der Waals surface area contributed by atoms with Crippen molar-refractivity contribution >= 4 is 11.9 Å². The van der Waals surface area contributed by atoms with Gasteiger partial charge in [0, 0.05) is 11.9 Å². The van der Waals surface area contributed by atoms with Gasteiger partial charge in [0.15, 0.2) is 0 Å². The molecule has 0 fully saturated rings. The largest absolute Gasteiger partial charge is 4.00 e. The Morgan fingerprint density at radius 2 is 1.00 bits per heavy atom. The normalized spacial score (nSPS) is 5.00. The van der Waals surface area contributed by atoms with Crippen molar-refractivity contribution in [2.45, 2.75) is 13.8 Å². The minimum absolute atomic E-state index is 0. The maximum absolute atomic E-state index is 8.89. The van der Waals surface area contributed by atoms with Gasteiger partial charge in [-0.15, -0.1) is 0 Å². The quantitative estimate of drug-likeness (QED) is 0.450. The first-order valence-corrected chi connectivity index (χ1v) is 1.82. The summed E-state index contributed by atoms with van der Waals surface area (Å²) >= 11 is 0. The molecule has 0 bridgehead atoms. The molecular weight excluding hydrogens is 219 g/mol. The Kier molecular flexibility index (Phi) is 35.9. The predicted octanol–water partition coefficient (Wildman–Crippen LogP) is -2.61. The summed E-state index contributed by atoms with van der Waals surface area (Å²) in [5, 5.41) is 17.8. The Morgan fingerprint density at radius 3 is 1.00 bits per heavy atom. The molecule has 10 heavy (non-hydrogen) atoms. The van der Waals surface area contributed by atoms with Gasteiger partial charge >= 0.3 is 26.2 Å². The zero-order valence-electron chi connectivity index (χ0n) is 5.54. The summed E-state index contributed by atoms with van der Waals surface area (Å²) in [6.45, 7) is 1.94. The van der Waals surface area contributed by atoms with E-state index in [-0.39, 0.29) is 31.7 Å². The van der Waals surface area contributed by atoms with Crippen LogP contribution in [0.15, 0.2) is 0 Å². The molecule has 0 heterocycles. The molecular formula is C4H6O5Zr. The number of hydrogen-bond acceptors (Lipinski definition) is 4. The van der Waals surface area contributed by atoms with Crippen LogP contribution in [0.3, 0.4) is 0 Å². The molecule has 5 nitrogen and oxygen atoms in total. The molecule has 0 radical (unpaired) electrons. The van der Waals surface area contributed by atoms with Crippen molar-refractivity contribution in [3.8, 4) is 0 Å². The van der Waals surface area contributed by atoms with Crippen LogP contribution in [0.25, 0.3) is 0 Å². The SMILES string of the molecule is CC(=O)[O-].CC(=O)[O-].[O-2].[Zr+4]. The molecule has 0 saturated carbocycles. The van der Waals surface area contributed by atoms with Gasteiger partial charge < -0.3 is 25.3 Å². The van der Waals surface area contributed by atoms with Crippen LogP contribution in [0, 0.1) is 0 Å². The van der Waals surface area contributed by atoms with Crippen LogP contribution in [0.4, 0.5) is 0 Å². The third kappa shape index (κ3) is 7610. The first kappa shape index (κ1) is 22.6. The minimum atomic E-state index is -1.08. The van der Waals surface area contributed by atoms with E-state index in [2.05, 4.69) is 0 Å². The Morgan fingerprint density at radius 1 is 1.00 bits per heavy atom. The summed E-state index contributed by atoms with van der Waals surface area (Å²) in [4.78, 5) is 17.8. The molecule has 0 rings (SSSR count). The fourth-order valence-corrected chi connectivity index (χ4v) is 0. The van der Waals surface area contributed by atoms with Crippen molar-refractivity contribution in [1.29, 1.82) is 0 Å². The summed E-state index contributed by atoms with van der Waals surface area (Å²) in [5.41, 5.74) is 0. The summed E-state index contributed by atoms with van der Waals surface area (Å²) in [7, 11) is 0. The fourth-order valence-electron chi connectivity index (χ4n) is 0. The Hall–Kier alpha value is -0.217. The molecule has 0 unspecified atom stereocenters. The molecule has 0 aliphatic rings. The van der Waals surface area contributed by atoms with Gasteiger partial charge in [-0.25, -0.2) is 0 Å². The zero-order chi connectivity index (χ0) is 7.15. The van der Waals surface area contributed by atoms with Gasteiger partial charge in [-0.2, -0.15) is 0 Å². The first-order chi connectivity index (χ1) is 3.46. The van der Waals surface area contributed by atoms with Crippen LogP contribution in [-0.2, 0) is 41.3 Å². The molecule has 0 aromatic rings. The van der Waals surface area contributed by atoms with Crippen molar-refractivity contribution in [2.75, 3.05) is 0 Å². The Balaban J connectivity index is -0.0000000300. The number of carbonyl (C=O) groups is 2. The second kappa shape index (κ2) is 15.9. The topological polar surface area (TPSA) is 109 Å². The average molecular weight is 225 g/mol. The predicted molar refractivity (Wildman–Crippen MR) is 22.0 cm³/mol. The van der Waals surface area contributed by atoms with Crippen LogP contribution in [-0.4, -0.2) is 11.9 Å². The van der Waals surface area contributed by atoms with Crippen molar-refractivity contribution in [1.82, 2.24) is 0 Å². The van der Waals surface area contributed by atoms with E-state index in [0.29, 0.717) is 0 Å². The number of carbonyl (C=O) groups excluding carboxylic acids is 2. The third-order valence-corrected chi connectivity index (χ3v) is 0. The molecule has 0 aromatic carbocycles. The van der Waals surface area contributed by atoms with Gasteiger partial charge in [-0.05, 0) is 13.8 Å². The van der Waals surface area contributed by atoms with Crippen LogP contribution in [0.1, 0.15) is 13.8 Å². The van der Waals surface area contributed by atoms with Crippen molar-refractivity contribution in [3.63, 3.8) is 0 Å². The molecule has 0 atom stereocenters. The van der Waals surface area contributed by atoms with E-state index >= 15 is 0 Å². The standard InChI is InChI=1S/2C2H4O2.O.Zr/c2*1-2(3)4;;/h2*1H3,(H,3,4);;/q;;-2;+4/p-2. The maximum atomic E-state index is 8.89. The van der Waals surface area contributed by atoms with Crippen molar-refractivity contribution in [2.24, 2.45) is 0 Å². The summed E-state index contributed by atoms with van der Waals surface area (Å²) < 4.78 is 0. The summed E-state index contributed by atoms with van der Waals surface area (Å²) in [6.07, 6.45) is 0. The van der Waals surface area contributed by atoms with E-state index in [4.69, 9.17) is 19.8 Å². The first-order valence-electron chi connectivity index (χ1n) is 1.82. The van der Waals surface area contributed by atoms with Gasteiger partial charge in [-0.3, -0.25) is 0 Å². The molecule has 0 aliphatic heterocycles. The molecule has 0 N–H and O–H groups in total. The number of hydrogen-bond donors (Lipinski definition) is 0. The van der Waals surface area contributed by atoms with E-state index in [1.165, 1.54) is 0 Å². The van der Waals surface area contributed by atoms with Gasteiger partial charge in [0.05, 0.1) is 0 Å². The average Bonchev–Trinajstić information content (AvgIpc) is 1.25. The minimum Gasteiger partial charge on any atom is -2.00 e. The number of rotatable bonds is 0. The van der Waals surface area contributed by atoms with E-state index in [9.17, 15) is 0 Å². The maximum Gasteiger partial charge on any atom is 4.00 e. The molecule has 0 spiro atoms. The van der Waals surface area contributed by atoms with Gasteiger partial charge in [0.1, 0.15) is 0 Å². The monoisotopic (exact) mass is 224 g/mol. The summed E-state index contributed by atoms with van der Waals surface area (Å²) in [5.74, 6) is -2.17. The Labute approximate surface area is 77.5 Å². The molecule has 6 heteroatoms. The second-order valence-corrected chi connectivity index (χ2v) is 0.983. The van der Waals surface area contributed by atoms with E-state index in [1.54, 1.807) is 0 Å². The zero-order valence-corrected chi connectivity index (χ0v) is 8.00. The van der Waals surface area contributed by atoms with Crippen molar-refractivity contribution < 1.29 is 51.5 Å². The number of carboxylic acid groups (broad SMARTS) is 2. The van der Waals surface area contributed by atoms with Gasteiger partial charge in [0.2, 0.25) is 0 Å². The van der Waals surface area contributed by atoms with Crippen molar-refractivity contribution in [3.05, 3.63) is 0 Å². The molecule has 0 aromatic heterocycles.